The van der Waals surface area contributed by atoms with Crippen LogP contribution >= 0.6 is 0 Å². The van der Waals surface area contributed by atoms with Gasteiger partial charge in [-0.05, 0) is 60.7 Å². The van der Waals surface area contributed by atoms with Gasteiger partial charge in [0.05, 0.1) is 7.11 Å². The summed E-state index contributed by atoms with van der Waals surface area (Å²) in [7, 11) is 1.56. The number of methoxy groups -OCH3 is 1. The van der Waals surface area contributed by atoms with E-state index in [1.54, 1.807) is 55.6 Å². The normalized spacial score (nSPS) is 10.4. The number of aromatic nitrogens is 2. The first kappa shape index (κ1) is 19.8. The van der Waals surface area contributed by atoms with Crippen LogP contribution in [0.3, 0.4) is 0 Å². The molecule has 0 unspecified atom stereocenters. The van der Waals surface area contributed by atoms with Crippen molar-refractivity contribution < 1.29 is 18.7 Å². The molecule has 3 aromatic carbocycles. The number of nitrogens with one attached hydrogen (secondary N) is 2. The predicted molar refractivity (Wildman–Crippen MR) is 115 cm³/mol. The minimum absolute atomic E-state index is 0.000683. The van der Waals surface area contributed by atoms with Crippen molar-refractivity contribution in [3.63, 3.8) is 0 Å². The Morgan fingerprint density at radius 2 is 1.39 bits per heavy atom. The molecule has 8 nitrogen and oxygen atoms in total. The third kappa shape index (κ3) is 4.76. The fourth-order valence-electron chi connectivity index (χ4n) is 2.79. The second-order valence-corrected chi connectivity index (χ2v) is 6.49. The van der Waals surface area contributed by atoms with Crippen LogP contribution in [0.15, 0.2) is 83.3 Å². The van der Waals surface area contributed by atoms with E-state index in [-0.39, 0.29) is 11.9 Å². The molecule has 4 aromatic rings. The van der Waals surface area contributed by atoms with Crippen LogP contribution in [0.25, 0.3) is 11.5 Å². The van der Waals surface area contributed by atoms with Gasteiger partial charge in [-0.25, -0.2) is 0 Å². The van der Waals surface area contributed by atoms with Gasteiger partial charge < -0.3 is 14.5 Å². The van der Waals surface area contributed by atoms with Crippen LogP contribution in [0.4, 0.5) is 11.7 Å². The van der Waals surface area contributed by atoms with Gasteiger partial charge in [0.2, 0.25) is 5.89 Å². The molecule has 0 aliphatic heterocycles. The predicted octanol–water partition coefficient (Wildman–Crippen LogP) is 4.25. The number of ether oxygens (including phenoxy) is 1. The maximum Gasteiger partial charge on any atom is 0.322 e. The standard InChI is InChI=1S/C23H18N4O4/c1-30-19-13-9-16(10-14-19)20(28)24-18-11-7-15(8-12-18)21(29)25-23-27-26-22(31-23)17-5-3-2-4-6-17/h2-14H,1H3,(H,24,28)(H,25,27,29). The Hall–Kier alpha value is -4.46. The molecule has 0 radical (unpaired) electrons. The summed E-state index contributed by atoms with van der Waals surface area (Å²) >= 11 is 0. The molecule has 2 amide bonds. The Labute approximate surface area is 177 Å². The molecular weight excluding hydrogens is 396 g/mol. The molecule has 0 spiro atoms. The molecule has 1 heterocycles. The van der Waals surface area contributed by atoms with E-state index in [4.69, 9.17) is 9.15 Å². The molecule has 0 saturated heterocycles. The topological polar surface area (TPSA) is 106 Å². The molecule has 0 atom stereocenters. The lowest BCUT2D eigenvalue weighted by molar-refractivity contribution is 0.101. The van der Waals surface area contributed by atoms with E-state index in [2.05, 4.69) is 20.8 Å². The summed E-state index contributed by atoms with van der Waals surface area (Å²) < 4.78 is 10.6. The highest BCUT2D eigenvalue weighted by Crippen LogP contribution is 2.20. The lowest BCUT2D eigenvalue weighted by Gasteiger charge is -2.07. The molecule has 2 N–H and O–H groups in total. The molecule has 154 valence electrons. The van der Waals surface area contributed by atoms with Crippen LogP contribution in [-0.2, 0) is 0 Å². The van der Waals surface area contributed by atoms with Crippen molar-refractivity contribution >= 4 is 23.5 Å². The molecule has 0 saturated carbocycles. The second kappa shape index (κ2) is 8.91. The van der Waals surface area contributed by atoms with Crippen LogP contribution < -0.4 is 15.4 Å². The molecule has 31 heavy (non-hydrogen) atoms. The maximum atomic E-state index is 12.4. The zero-order chi connectivity index (χ0) is 21.6. The van der Waals surface area contributed by atoms with Crippen molar-refractivity contribution in [3.05, 3.63) is 90.0 Å². The molecule has 8 heteroatoms. The van der Waals surface area contributed by atoms with Crippen LogP contribution in [0.2, 0.25) is 0 Å². The summed E-state index contributed by atoms with van der Waals surface area (Å²) in [5.41, 5.74) is 2.18. The number of nitrogens with zero attached hydrogens (tertiary/aromatic N) is 2. The molecule has 4 rings (SSSR count). The Kier molecular flexibility index (Phi) is 5.70. The zero-order valence-electron chi connectivity index (χ0n) is 16.5. The van der Waals surface area contributed by atoms with Gasteiger partial charge in [0.15, 0.2) is 0 Å². The summed E-state index contributed by atoms with van der Waals surface area (Å²) in [4.78, 5) is 24.8. The van der Waals surface area contributed by atoms with Gasteiger partial charge in [0.25, 0.3) is 11.8 Å². The SMILES string of the molecule is COc1ccc(C(=O)Nc2ccc(C(=O)Nc3nnc(-c4ccccc4)o3)cc2)cc1. The summed E-state index contributed by atoms with van der Waals surface area (Å²) in [5.74, 6) is 0.312. The number of rotatable bonds is 6. The highest BCUT2D eigenvalue weighted by molar-refractivity contribution is 6.05. The second-order valence-electron chi connectivity index (χ2n) is 6.49. The van der Waals surface area contributed by atoms with Gasteiger partial charge in [-0.15, -0.1) is 5.10 Å². The lowest BCUT2D eigenvalue weighted by Crippen LogP contribution is -2.14. The van der Waals surface area contributed by atoms with Crippen molar-refractivity contribution in [3.8, 4) is 17.2 Å². The van der Waals surface area contributed by atoms with Crippen molar-refractivity contribution in [2.45, 2.75) is 0 Å². The minimum Gasteiger partial charge on any atom is -0.497 e. The van der Waals surface area contributed by atoms with Gasteiger partial charge in [-0.3, -0.25) is 14.9 Å². The molecular formula is C23H18N4O4. The maximum absolute atomic E-state index is 12.4. The van der Waals surface area contributed by atoms with E-state index in [9.17, 15) is 9.59 Å². The zero-order valence-corrected chi connectivity index (χ0v) is 16.5. The number of anilines is 2. The first-order valence-corrected chi connectivity index (χ1v) is 9.38. The highest BCUT2D eigenvalue weighted by atomic mass is 16.5. The Bertz CT molecular complexity index is 1190. The Morgan fingerprint density at radius 3 is 2.03 bits per heavy atom. The molecule has 0 aliphatic carbocycles. The summed E-state index contributed by atoms with van der Waals surface area (Å²) in [6.07, 6.45) is 0. The smallest absolute Gasteiger partial charge is 0.322 e. The summed E-state index contributed by atoms with van der Waals surface area (Å²) in [6, 6.07) is 22.5. The van der Waals surface area contributed by atoms with E-state index in [0.717, 1.165) is 5.56 Å². The monoisotopic (exact) mass is 414 g/mol. The van der Waals surface area contributed by atoms with E-state index >= 15 is 0 Å². The van der Waals surface area contributed by atoms with Crippen molar-refractivity contribution in [2.75, 3.05) is 17.7 Å². The third-order valence-electron chi connectivity index (χ3n) is 4.42. The minimum atomic E-state index is -0.406. The van der Waals surface area contributed by atoms with Crippen molar-refractivity contribution in [1.29, 1.82) is 0 Å². The van der Waals surface area contributed by atoms with Crippen molar-refractivity contribution in [2.24, 2.45) is 0 Å². The van der Waals surface area contributed by atoms with Crippen LogP contribution in [0, 0.1) is 0 Å². The fourth-order valence-corrected chi connectivity index (χ4v) is 2.79. The third-order valence-corrected chi connectivity index (χ3v) is 4.42. The quantitative estimate of drug-likeness (QED) is 0.489. The molecule has 0 aliphatic rings. The Balaban J connectivity index is 1.38. The molecule has 0 bridgehead atoms. The highest BCUT2D eigenvalue weighted by Gasteiger charge is 2.13. The molecule has 0 fully saturated rings. The number of hydrogen-bond acceptors (Lipinski definition) is 6. The first-order valence-electron chi connectivity index (χ1n) is 9.38. The van der Waals surface area contributed by atoms with E-state index in [1.165, 1.54) is 0 Å². The van der Waals surface area contributed by atoms with E-state index in [1.807, 2.05) is 30.3 Å². The van der Waals surface area contributed by atoms with Crippen molar-refractivity contribution in [1.82, 2.24) is 10.2 Å². The summed E-state index contributed by atoms with van der Waals surface area (Å²) in [5, 5.41) is 13.1. The molecule has 1 aromatic heterocycles. The van der Waals surface area contributed by atoms with E-state index < -0.39 is 5.91 Å². The van der Waals surface area contributed by atoms with Crippen LogP contribution in [0.5, 0.6) is 5.75 Å². The van der Waals surface area contributed by atoms with Crippen LogP contribution in [-0.4, -0.2) is 29.1 Å². The first-order chi connectivity index (χ1) is 15.1. The largest absolute Gasteiger partial charge is 0.497 e. The number of benzene rings is 3. The number of amides is 2. The number of hydrogen-bond donors (Lipinski definition) is 2. The van der Waals surface area contributed by atoms with Gasteiger partial charge in [0, 0.05) is 22.4 Å². The van der Waals surface area contributed by atoms with Gasteiger partial charge in [-0.2, -0.15) is 0 Å². The van der Waals surface area contributed by atoms with E-state index in [0.29, 0.717) is 28.5 Å². The summed E-state index contributed by atoms with van der Waals surface area (Å²) in [6.45, 7) is 0. The van der Waals surface area contributed by atoms with Gasteiger partial charge >= 0.3 is 6.01 Å². The average Bonchev–Trinajstić information content (AvgIpc) is 3.28. The Morgan fingerprint density at radius 1 is 0.774 bits per heavy atom. The number of carbonyl (C=O) groups excluding carboxylic acids is 2. The number of carbonyl (C=O) groups is 2. The van der Waals surface area contributed by atoms with Crippen LogP contribution in [0.1, 0.15) is 20.7 Å². The lowest BCUT2D eigenvalue weighted by atomic mass is 10.1. The fraction of sp³-hybridized carbons (Fsp3) is 0.0435. The van der Waals surface area contributed by atoms with Gasteiger partial charge in [-0.1, -0.05) is 23.3 Å². The average molecular weight is 414 g/mol. The van der Waals surface area contributed by atoms with Gasteiger partial charge in [0.1, 0.15) is 5.75 Å².